The highest BCUT2D eigenvalue weighted by molar-refractivity contribution is 7.91. The summed E-state index contributed by atoms with van der Waals surface area (Å²) in [7, 11) is -3.93. The zero-order valence-electron chi connectivity index (χ0n) is 20.0. The van der Waals surface area contributed by atoms with Gasteiger partial charge in [-0.15, -0.1) is 0 Å². The number of carboxylic acid groups (broad SMARTS) is 1. The van der Waals surface area contributed by atoms with Crippen LogP contribution in [0.25, 0.3) is 22.8 Å². The molecule has 1 aliphatic rings. The Bertz CT molecular complexity index is 1650. The summed E-state index contributed by atoms with van der Waals surface area (Å²) in [5.41, 5.74) is 4.77. The highest BCUT2D eigenvalue weighted by atomic mass is 32.2. The molecule has 0 unspecified atom stereocenters. The summed E-state index contributed by atoms with van der Waals surface area (Å²) in [6, 6.07) is 23.5. The molecule has 37 heavy (non-hydrogen) atoms. The Labute approximate surface area is 214 Å². The first-order chi connectivity index (χ1) is 17.8. The van der Waals surface area contributed by atoms with E-state index in [1.807, 2.05) is 48.5 Å². The number of aromatic amines is 1. The predicted molar refractivity (Wildman–Crippen MR) is 142 cm³/mol. The minimum absolute atomic E-state index is 0.0152. The number of nitrogens with one attached hydrogen (secondary N) is 2. The molecule has 0 fully saturated rings. The summed E-state index contributed by atoms with van der Waals surface area (Å²) < 4.78 is 27.1. The van der Waals surface area contributed by atoms with Gasteiger partial charge in [0.2, 0.25) is 9.84 Å². The number of fused-ring (bicyclic) bond motifs is 1. The maximum Gasteiger partial charge on any atom is 0.303 e. The minimum Gasteiger partial charge on any atom is -0.481 e. The van der Waals surface area contributed by atoms with Crippen molar-refractivity contribution in [2.24, 2.45) is 0 Å². The number of rotatable bonds is 7. The van der Waals surface area contributed by atoms with E-state index in [1.165, 1.54) is 12.1 Å². The first kappa shape index (κ1) is 24.3. The largest absolute Gasteiger partial charge is 0.481 e. The number of carboxylic acids is 1. The van der Waals surface area contributed by atoms with E-state index in [-0.39, 0.29) is 28.5 Å². The molecular weight excluding hydrogens is 488 g/mol. The molecule has 0 saturated carbocycles. The Morgan fingerprint density at radius 2 is 1.62 bits per heavy atom. The number of hydrogen-bond donors (Lipinski definition) is 3. The quantitative estimate of drug-likeness (QED) is 0.289. The molecule has 0 atom stereocenters. The summed E-state index contributed by atoms with van der Waals surface area (Å²) in [5, 5.41) is 12.2. The second kappa shape index (κ2) is 9.55. The van der Waals surface area contributed by atoms with Crippen LogP contribution in [-0.4, -0.2) is 30.4 Å². The summed E-state index contributed by atoms with van der Waals surface area (Å²) >= 11 is 0. The van der Waals surface area contributed by atoms with Gasteiger partial charge in [0.25, 0.3) is 5.91 Å². The molecule has 0 aliphatic carbocycles. The van der Waals surface area contributed by atoms with Gasteiger partial charge in [-0.2, -0.15) is 0 Å². The summed E-state index contributed by atoms with van der Waals surface area (Å²) in [5.74, 6) is -1.36. The third-order valence-corrected chi connectivity index (χ3v) is 8.35. The molecule has 3 N–H and O–H groups in total. The van der Waals surface area contributed by atoms with Crippen molar-refractivity contribution in [2.75, 3.05) is 5.32 Å². The van der Waals surface area contributed by atoms with Crippen molar-refractivity contribution in [1.82, 2.24) is 4.98 Å². The number of anilines is 1. The van der Waals surface area contributed by atoms with Crippen molar-refractivity contribution in [2.45, 2.75) is 29.6 Å². The predicted octanol–water partition coefficient (Wildman–Crippen LogP) is 5.33. The Hall–Kier alpha value is -4.43. The number of aliphatic carboxylic acids is 1. The fraction of sp³-hybridized carbons (Fsp3) is 0.103. The van der Waals surface area contributed by atoms with Gasteiger partial charge >= 0.3 is 5.97 Å². The normalized spacial score (nSPS) is 14.0. The maximum atomic E-state index is 13.6. The molecule has 1 aliphatic heterocycles. The molecule has 1 amide bonds. The van der Waals surface area contributed by atoms with Crippen LogP contribution >= 0.6 is 0 Å². The number of H-pyrrole nitrogens is 1. The SMILES string of the molecule is Cc1[nH]c(C=C2C(=O)Nc3ccc(-c4ccccc4)cc32)c(CCC(=O)O)c1S(=O)(=O)c1ccccc1. The van der Waals surface area contributed by atoms with Gasteiger partial charge in [-0.1, -0.05) is 54.6 Å². The van der Waals surface area contributed by atoms with Crippen molar-refractivity contribution in [3.05, 3.63) is 101 Å². The standard InChI is InChI=1S/C29H24N2O5S/c1-18-28(37(35,36)21-10-6-3-7-11-21)22(13-15-27(32)33)26(30-18)17-24-23-16-20(19-8-4-2-5-9-19)12-14-25(23)31-29(24)34/h2-12,14,16-17,30H,13,15H2,1H3,(H,31,34)(H,32,33). The van der Waals surface area contributed by atoms with Gasteiger partial charge in [0, 0.05) is 29.1 Å². The third kappa shape index (κ3) is 4.59. The fourth-order valence-corrected chi connectivity index (χ4v) is 6.39. The number of aromatic nitrogens is 1. The molecule has 0 bridgehead atoms. The van der Waals surface area contributed by atoms with E-state index in [2.05, 4.69) is 10.3 Å². The number of hydrogen-bond acceptors (Lipinski definition) is 4. The second-order valence-corrected chi connectivity index (χ2v) is 10.7. The van der Waals surface area contributed by atoms with Crippen molar-refractivity contribution < 1.29 is 23.1 Å². The van der Waals surface area contributed by atoms with Gasteiger partial charge in [0.15, 0.2) is 0 Å². The van der Waals surface area contributed by atoms with Crippen molar-refractivity contribution in [3.63, 3.8) is 0 Å². The van der Waals surface area contributed by atoms with Crippen molar-refractivity contribution in [3.8, 4) is 11.1 Å². The number of carbonyl (C=O) groups excluding carboxylic acids is 1. The van der Waals surface area contributed by atoms with E-state index in [9.17, 15) is 23.1 Å². The zero-order valence-corrected chi connectivity index (χ0v) is 20.8. The molecule has 8 heteroatoms. The van der Waals surface area contributed by atoms with E-state index >= 15 is 0 Å². The first-order valence-corrected chi connectivity index (χ1v) is 13.2. The molecule has 2 heterocycles. The number of carbonyl (C=O) groups is 2. The van der Waals surface area contributed by atoms with Gasteiger partial charge in [0.05, 0.1) is 15.4 Å². The smallest absolute Gasteiger partial charge is 0.303 e. The van der Waals surface area contributed by atoms with Crippen LogP contribution in [0.2, 0.25) is 0 Å². The fourth-order valence-electron chi connectivity index (χ4n) is 4.65. The third-order valence-electron chi connectivity index (χ3n) is 6.37. The van der Waals surface area contributed by atoms with Crippen LogP contribution in [-0.2, 0) is 25.8 Å². The Morgan fingerprint density at radius 1 is 0.946 bits per heavy atom. The van der Waals surface area contributed by atoms with Gasteiger partial charge < -0.3 is 15.4 Å². The molecule has 0 spiro atoms. The van der Waals surface area contributed by atoms with Crippen LogP contribution in [0.4, 0.5) is 5.69 Å². The van der Waals surface area contributed by atoms with E-state index in [4.69, 9.17) is 0 Å². The number of sulfone groups is 1. The lowest BCUT2D eigenvalue weighted by Crippen LogP contribution is -2.08. The maximum absolute atomic E-state index is 13.6. The lowest BCUT2D eigenvalue weighted by atomic mass is 9.98. The van der Waals surface area contributed by atoms with E-state index in [1.54, 1.807) is 31.2 Å². The monoisotopic (exact) mass is 512 g/mol. The van der Waals surface area contributed by atoms with Crippen LogP contribution in [0.3, 0.4) is 0 Å². The molecule has 186 valence electrons. The molecule has 1 aromatic heterocycles. The van der Waals surface area contributed by atoms with Gasteiger partial charge in [0.1, 0.15) is 0 Å². The van der Waals surface area contributed by atoms with E-state index in [0.29, 0.717) is 33.8 Å². The molecule has 7 nitrogen and oxygen atoms in total. The number of aryl methyl sites for hydroxylation is 1. The van der Waals surface area contributed by atoms with Crippen molar-refractivity contribution >= 4 is 39.1 Å². The highest BCUT2D eigenvalue weighted by Crippen LogP contribution is 2.38. The highest BCUT2D eigenvalue weighted by Gasteiger charge is 2.30. The Morgan fingerprint density at radius 3 is 2.30 bits per heavy atom. The molecular formula is C29H24N2O5S. The first-order valence-electron chi connectivity index (χ1n) is 11.7. The number of amides is 1. The van der Waals surface area contributed by atoms with Crippen LogP contribution < -0.4 is 5.32 Å². The summed E-state index contributed by atoms with van der Waals surface area (Å²) in [4.78, 5) is 27.6. The number of benzene rings is 3. The van der Waals surface area contributed by atoms with E-state index < -0.39 is 15.8 Å². The lowest BCUT2D eigenvalue weighted by molar-refractivity contribution is -0.137. The van der Waals surface area contributed by atoms with Crippen LogP contribution in [0, 0.1) is 6.92 Å². The van der Waals surface area contributed by atoms with Gasteiger partial charge in [-0.3, -0.25) is 9.59 Å². The van der Waals surface area contributed by atoms with Crippen LogP contribution in [0.1, 0.15) is 28.9 Å². The zero-order chi connectivity index (χ0) is 26.2. The second-order valence-electron chi connectivity index (χ2n) is 8.82. The van der Waals surface area contributed by atoms with Crippen LogP contribution in [0.15, 0.2) is 88.7 Å². The minimum atomic E-state index is -3.93. The molecule has 0 radical (unpaired) electrons. The summed E-state index contributed by atoms with van der Waals surface area (Å²) in [6.07, 6.45) is 1.34. The topological polar surface area (TPSA) is 116 Å². The Kier molecular flexibility index (Phi) is 6.27. The average molecular weight is 513 g/mol. The molecule has 5 rings (SSSR count). The lowest BCUT2D eigenvalue weighted by Gasteiger charge is -2.08. The average Bonchev–Trinajstić information content (AvgIpc) is 3.39. The van der Waals surface area contributed by atoms with Crippen molar-refractivity contribution in [1.29, 1.82) is 0 Å². The molecule has 3 aromatic carbocycles. The molecule has 4 aromatic rings. The van der Waals surface area contributed by atoms with E-state index in [0.717, 1.165) is 11.1 Å². The van der Waals surface area contributed by atoms with Gasteiger partial charge in [-0.05, 0) is 60.4 Å². The Balaban J connectivity index is 1.66. The summed E-state index contributed by atoms with van der Waals surface area (Å²) in [6.45, 7) is 1.64. The van der Waals surface area contributed by atoms with Crippen LogP contribution in [0.5, 0.6) is 0 Å². The molecule has 0 saturated heterocycles. The van der Waals surface area contributed by atoms with Gasteiger partial charge in [-0.25, -0.2) is 8.42 Å².